The van der Waals surface area contributed by atoms with Crippen LogP contribution >= 0.6 is 0 Å². The Bertz CT molecular complexity index is 1130. The fourth-order valence-corrected chi connectivity index (χ4v) is 2.75. The Morgan fingerprint density at radius 2 is 1.53 bits per heavy atom. The molecule has 0 unspecified atom stereocenters. The van der Waals surface area contributed by atoms with E-state index in [0.717, 1.165) is 17.5 Å². The molecule has 0 fully saturated rings. The number of aliphatic carboxylic acids is 2. The molecule has 0 radical (unpaired) electrons. The molecule has 3 atom stereocenters. The number of nitrogens with two attached hydrogens (primary N) is 1. The fourth-order valence-electron chi connectivity index (χ4n) is 2.75. The maximum absolute atomic E-state index is 12.2. The van der Waals surface area contributed by atoms with Crippen LogP contribution in [0.5, 0.6) is 5.75 Å². The summed E-state index contributed by atoms with van der Waals surface area (Å²) in [6, 6.07) is 13.3. The average molecular weight is 512 g/mol. The highest BCUT2D eigenvalue weighted by Gasteiger charge is 2.31. The van der Waals surface area contributed by atoms with E-state index in [0.29, 0.717) is 11.5 Å². The van der Waals surface area contributed by atoms with Crippen molar-refractivity contribution < 1.29 is 47.9 Å². The van der Waals surface area contributed by atoms with E-state index >= 15 is 0 Å². The minimum absolute atomic E-state index is 0.0856. The molecule has 0 bridgehead atoms. The van der Waals surface area contributed by atoms with Crippen molar-refractivity contribution in [3.8, 4) is 22.8 Å². The van der Waals surface area contributed by atoms with Crippen molar-refractivity contribution in [3.63, 3.8) is 0 Å². The Kier molecular flexibility index (Phi) is 9.49. The molecule has 11 nitrogen and oxygen atoms in total. The summed E-state index contributed by atoms with van der Waals surface area (Å²) in [4.78, 5) is 23.8. The van der Waals surface area contributed by atoms with Crippen LogP contribution in [0.25, 0.3) is 17.1 Å². The number of hydrogen-bond donors (Lipinski definition) is 5. The van der Waals surface area contributed by atoms with E-state index in [1.165, 1.54) is 35.3 Å². The summed E-state index contributed by atoms with van der Waals surface area (Å²) in [6.07, 6.45) is -6.95. The number of carbonyl (C=O) groups is 2. The third kappa shape index (κ3) is 8.65. The standard InChI is InChI=1S/C18H17F3N4O.C4H6O6/c1-12(22)10-13-2-4-14(5-3-13)17-23-11-25(24-17)15-6-8-16(9-7-15)26-18(19,20)21;5-1(3(7)8)2(6)4(9)10/h2-9,11-12H,10,22H2,1H3;1-2,5-6H,(H,7,8)(H,9,10)/t12-;1-,2-/m01/s1. The second-order valence-corrected chi connectivity index (χ2v) is 7.50. The smallest absolute Gasteiger partial charge is 0.479 e. The Morgan fingerprint density at radius 1 is 1.00 bits per heavy atom. The fraction of sp³-hybridized carbons (Fsp3) is 0.273. The average Bonchev–Trinajstić information content (AvgIpc) is 3.28. The highest BCUT2D eigenvalue weighted by Crippen LogP contribution is 2.24. The van der Waals surface area contributed by atoms with Gasteiger partial charge in [-0.15, -0.1) is 18.3 Å². The Morgan fingerprint density at radius 3 is 1.97 bits per heavy atom. The van der Waals surface area contributed by atoms with Gasteiger partial charge in [0.2, 0.25) is 0 Å². The molecule has 1 heterocycles. The Balaban J connectivity index is 0.000000388. The summed E-state index contributed by atoms with van der Waals surface area (Å²) >= 11 is 0. The number of carboxylic acid groups (broad SMARTS) is 2. The lowest BCUT2D eigenvalue weighted by Crippen LogP contribution is -2.39. The molecule has 2 aromatic carbocycles. The van der Waals surface area contributed by atoms with Crippen LogP contribution in [-0.4, -0.2) is 71.7 Å². The number of aliphatic hydroxyl groups is 2. The van der Waals surface area contributed by atoms with Gasteiger partial charge in [0.1, 0.15) is 12.1 Å². The lowest BCUT2D eigenvalue weighted by Gasteiger charge is -2.09. The third-order valence-electron chi connectivity index (χ3n) is 4.40. The van der Waals surface area contributed by atoms with Gasteiger partial charge in [0.05, 0.1) is 5.69 Å². The van der Waals surface area contributed by atoms with Gasteiger partial charge in [-0.2, -0.15) is 0 Å². The number of hydrogen-bond acceptors (Lipinski definition) is 8. The molecule has 0 spiro atoms. The van der Waals surface area contributed by atoms with Gasteiger partial charge in [0.25, 0.3) is 0 Å². The number of alkyl halides is 3. The summed E-state index contributed by atoms with van der Waals surface area (Å²) in [5, 5.41) is 36.9. The number of ether oxygens (including phenoxy) is 1. The molecule has 3 aromatic rings. The van der Waals surface area contributed by atoms with E-state index in [2.05, 4.69) is 14.8 Å². The van der Waals surface area contributed by atoms with E-state index in [1.807, 2.05) is 31.2 Å². The molecule has 3 rings (SSSR count). The van der Waals surface area contributed by atoms with Crippen LogP contribution in [0, 0.1) is 0 Å². The minimum Gasteiger partial charge on any atom is -0.479 e. The molecule has 0 saturated carbocycles. The largest absolute Gasteiger partial charge is 0.573 e. The second-order valence-electron chi connectivity index (χ2n) is 7.50. The normalized spacial score (nSPS) is 13.6. The molecule has 36 heavy (non-hydrogen) atoms. The molecule has 0 saturated heterocycles. The lowest BCUT2D eigenvalue weighted by atomic mass is 10.1. The van der Waals surface area contributed by atoms with Gasteiger partial charge in [-0.05, 0) is 43.2 Å². The monoisotopic (exact) mass is 512 g/mol. The van der Waals surface area contributed by atoms with E-state index in [4.69, 9.17) is 26.2 Å². The molecular weight excluding hydrogens is 489 g/mol. The van der Waals surface area contributed by atoms with Crippen molar-refractivity contribution in [1.29, 1.82) is 0 Å². The predicted molar refractivity (Wildman–Crippen MR) is 118 cm³/mol. The van der Waals surface area contributed by atoms with Crippen LogP contribution in [0.2, 0.25) is 0 Å². The lowest BCUT2D eigenvalue weighted by molar-refractivity contribution is -0.274. The molecule has 14 heteroatoms. The number of rotatable bonds is 8. The van der Waals surface area contributed by atoms with Crippen LogP contribution in [0.15, 0.2) is 54.9 Å². The van der Waals surface area contributed by atoms with Crippen LogP contribution < -0.4 is 10.5 Å². The molecule has 6 N–H and O–H groups in total. The van der Waals surface area contributed by atoms with Crippen molar-refractivity contribution in [2.45, 2.75) is 38.0 Å². The van der Waals surface area contributed by atoms with E-state index in [9.17, 15) is 22.8 Å². The zero-order valence-electron chi connectivity index (χ0n) is 18.7. The third-order valence-corrected chi connectivity index (χ3v) is 4.40. The zero-order chi connectivity index (χ0) is 27.0. The van der Waals surface area contributed by atoms with Crippen molar-refractivity contribution in [1.82, 2.24) is 14.8 Å². The van der Waals surface area contributed by atoms with Gasteiger partial charge >= 0.3 is 18.3 Å². The van der Waals surface area contributed by atoms with Gasteiger partial charge in [0.15, 0.2) is 18.0 Å². The number of benzene rings is 2. The van der Waals surface area contributed by atoms with E-state index in [1.54, 1.807) is 0 Å². The molecule has 1 aromatic heterocycles. The van der Waals surface area contributed by atoms with Crippen LogP contribution in [0.4, 0.5) is 13.2 Å². The van der Waals surface area contributed by atoms with Crippen molar-refractivity contribution in [3.05, 3.63) is 60.4 Å². The van der Waals surface area contributed by atoms with E-state index < -0.39 is 30.5 Å². The molecular formula is C22H23F3N4O7. The number of aliphatic hydroxyl groups excluding tert-OH is 2. The van der Waals surface area contributed by atoms with Gasteiger partial charge in [-0.3, -0.25) is 0 Å². The molecule has 0 aliphatic heterocycles. The molecule has 194 valence electrons. The Labute approximate surface area is 202 Å². The summed E-state index contributed by atoms with van der Waals surface area (Å²) in [7, 11) is 0. The van der Waals surface area contributed by atoms with Gasteiger partial charge in [0, 0.05) is 11.6 Å². The van der Waals surface area contributed by atoms with E-state index in [-0.39, 0.29) is 11.8 Å². The number of nitrogens with zero attached hydrogens (tertiary/aromatic N) is 3. The molecule has 0 aliphatic carbocycles. The highest BCUT2D eigenvalue weighted by molar-refractivity contribution is 5.83. The molecule has 0 amide bonds. The summed E-state index contributed by atoms with van der Waals surface area (Å²) < 4.78 is 41.9. The van der Waals surface area contributed by atoms with Gasteiger partial charge in [-0.1, -0.05) is 24.3 Å². The summed E-state index contributed by atoms with van der Waals surface area (Å²) in [5.41, 5.74) is 8.33. The number of halogens is 3. The quantitative estimate of drug-likeness (QED) is 0.297. The Hall–Kier alpha value is -4.01. The second kappa shape index (κ2) is 12.1. The first-order valence-electron chi connectivity index (χ1n) is 10.2. The van der Waals surface area contributed by atoms with Crippen molar-refractivity contribution >= 4 is 11.9 Å². The predicted octanol–water partition coefficient (Wildman–Crippen LogP) is 1.60. The first kappa shape index (κ1) is 28.2. The SMILES string of the molecule is C[C@H](N)Cc1ccc(-c2ncn(-c3ccc(OC(F)(F)F)cc3)n2)cc1.O=C(O)[C@H](O)[C@@H](O)C(=O)O. The topological polar surface area (TPSA) is 181 Å². The minimum atomic E-state index is -4.71. The van der Waals surface area contributed by atoms with Gasteiger partial charge in [-0.25, -0.2) is 19.3 Å². The molecule has 0 aliphatic rings. The van der Waals surface area contributed by atoms with Crippen LogP contribution in [0.1, 0.15) is 12.5 Å². The van der Waals surface area contributed by atoms with Gasteiger partial charge < -0.3 is 30.9 Å². The zero-order valence-corrected chi connectivity index (χ0v) is 18.7. The first-order chi connectivity index (χ1) is 16.8. The number of aromatic nitrogens is 3. The number of carboxylic acids is 2. The van der Waals surface area contributed by atoms with Crippen LogP contribution in [0.3, 0.4) is 0 Å². The summed E-state index contributed by atoms with van der Waals surface area (Å²) in [6.45, 7) is 1.95. The van der Waals surface area contributed by atoms with Crippen molar-refractivity contribution in [2.24, 2.45) is 5.73 Å². The highest BCUT2D eigenvalue weighted by atomic mass is 19.4. The maximum atomic E-state index is 12.2. The summed E-state index contributed by atoms with van der Waals surface area (Å²) in [5.74, 6) is -3.30. The van der Waals surface area contributed by atoms with Crippen LogP contribution in [-0.2, 0) is 16.0 Å². The maximum Gasteiger partial charge on any atom is 0.573 e. The van der Waals surface area contributed by atoms with Crippen molar-refractivity contribution in [2.75, 3.05) is 0 Å². The first-order valence-corrected chi connectivity index (χ1v) is 10.2.